The smallest absolute Gasteiger partial charge is 0.346 e. The molecular weight excluding hydrogens is 324 g/mol. The number of hydrogen-bond donors (Lipinski definition) is 0. The van der Waals surface area contributed by atoms with Crippen molar-refractivity contribution in [3.8, 4) is 11.6 Å². The molecule has 0 saturated carbocycles. The Bertz CT molecular complexity index is 596. The van der Waals surface area contributed by atoms with Gasteiger partial charge >= 0.3 is 5.97 Å². The highest BCUT2D eigenvalue weighted by molar-refractivity contribution is 9.10. The summed E-state index contributed by atoms with van der Waals surface area (Å²) in [4.78, 5) is 12.0. The molecule has 0 bridgehead atoms. The van der Waals surface area contributed by atoms with Gasteiger partial charge in [0.25, 0.3) is 0 Å². The highest BCUT2D eigenvalue weighted by Gasteiger charge is 2.25. The van der Waals surface area contributed by atoms with Crippen LogP contribution in [0.2, 0.25) is 0 Å². The molecule has 6 heteroatoms. The monoisotopic (exact) mass is 338 g/mol. The number of ether oxygens (including phenoxy) is 2. The van der Waals surface area contributed by atoms with E-state index in [0.29, 0.717) is 23.4 Å². The van der Waals surface area contributed by atoms with E-state index < -0.39 is 5.97 Å². The lowest BCUT2D eigenvalue weighted by atomic mass is 10.3. The zero-order valence-electron chi connectivity index (χ0n) is 11.3. The molecule has 0 atom stereocenters. The first-order valence-electron chi connectivity index (χ1n) is 6.32. The SMILES string of the molecule is CCOC(=O)c1c(OCC)nn(-c2ccccc2)c1Br. The molecule has 0 aliphatic heterocycles. The standard InChI is InChI=1S/C14H15BrN2O3/c1-3-19-13-11(14(18)20-4-2)12(15)17(16-13)10-8-6-5-7-9-10/h5-9H,3-4H2,1-2H3. The number of carbonyl (C=O) groups excluding carboxylic acids is 1. The molecule has 0 aliphatic rings. The van der Waals surface area contributed by atoms with E-state index in [1.54, 1.807) is 11.6 Å². The summed E-state index contributed by atoms with van der Waals surface area (Å²) in [6.07, 6.45) is 0. The maximum Gasteiger partial charge on any atom is 0.346 e. The molecule has 1 aromatic carbocycles. The first-order chi connectivity index (χ1) is 9.69. The van der Waals surface area contributed by atoms with Crippen molar-refractivity contribution in [1.29, 1.82) is 0 Å². The van der Waals surface area contributed by atoms with Crippen molar-refractivity contribution in [3.63, 3.8) is 0 Å². The number of halogens is 1. The second-order valence-electron chi connectivity index (χ2n) is 3.87. The number of benzene rings is 1. The van der Waals surface area contributed by atoms with Crippen LogP contribution in [0.15, 0.2) is 34.9 Å². The molecule has 5 nitrogen and oxygen atoms in total. The molecular formula is C14H15BrN2O3. The molecule has 0 radical (unpaired) electrons. The van der Waals surface area contributed by atoms with Crippen molar-refractivity contribution >= 4 is 21.9 Å². The number of para-hydroxylation sites is 1. The zero-order valence-corrected chi connectivity index (χ0v) is 12.9. The van der Waals surface area contributed by atoms with Gasteiger partial charge in [-0.15, -0.1) is 5.10 Å². The summed E-state index contributed by atoms with van der Waals surface area (Å²) in [6, 6.07) is 9.49. The Kier molecular flexibility index (Phi) is 4.79. The van der Waals surface area contributed by atoms with E-state index in [-0.39, 0.29) is 5.88 Å². The first-order valence-corrected chi connectivity index (χ1v) is 7.12. The van der Waals surface area contributed by atoms with E-state index >= 15 is 0 Å². The maximum absolute atomic E-state index is 12.0. The van der Waals surface area contributed by atoms with Crippen LogP contribution in [-0.4, -0.2) is 29.0 Å². The number of carbonyl (C=O) groups is 1. The van der Waals surface area contributed by atoms with Gasteiger partial charge in [0.2, 0.25) is 5.88 Å². The fourth-order valence-corrected chi connectivity index (χ4v) is 2.35. The van der Waals surface area contributed by atoms with E-state index in [2.05, 4.69) is 21.0 Å². The second kappa shape index (κ2) is 6.56. The van der Waals surface area contributed by atoms with Crippen LogP contribution in [0.3, 0.4) is 0 Å². The van der Waals surface area contributed by atoms with Crippen LogP contribution in [0.25, 0.3) is 5.69 Å². The fourth-order valence-electron chi connectivity index (χ4n) is 1.73. The van der Waals surface area contributed by atoms with Gasteiger partial charge in [-0.25, -0.2) is 9.48 Å². The third kappa shape index (κ3) is 2.85. The lowest BCUT2D eigenvalue weighted by molar-refractivity contribution is 0.0521. The molecule has 2 rings (SSSR count). The average molecular weight is 339 g/mol. The Morgan fingerprint density at radius 2 is 1.95 bits per heavy atom. The van der Waals surface area contributed by atoms with E-state index in [1.165, 1.54) is 0 Å². The van der Waals surface area contributed by atoms with Gasteiger partial charge in [-0.05, 0) is 41.9 Å². The van der Waals surface area contributed by atoms with Crippen LogP contribution in [0.5, 0.6) is 5.88 Å². The number of nitrogens with zero attached hydrogens (tertiary/aromatic N) is 2. The van der Waals surface area contributed by atoms with Crippen LogP contribution >= 0.6 is 15.9 Å². The summed E-state index contributed by atoms with van der Waals surface area (Å²) in [5, 5.41) is 4.32. The molecule has 106 valence electrons. The van der Waals surface area contributed by atoms with Gasteiger partial charge in [-0.2, -0.15) is 0 Å². The largest absolute Gasteiger partial charge is 0.476 e. The quantitative estimate of drug-likeness (QED) is 0.785. The molecule has 1 aromatic heterocycles. The molecule has 2 aromatic rings. The minimum Gasteiger partial charge on any atom is -0.476 e. The van der Waals surface area contributed by atoms with Crippen LogP contribution in [0.4, 0.5) is 0 Å². The Balaban J connectivity index is 2.50. The summed E-state index contributed by atoms with van der Waals surface area (Å²) in [5.41, 5.74) is 1.13. The molecule has 1 heterocycles. The molecule has 20 heavy (non-hydrogen) atoms. The number of hydrogen-bond acceptors (Lipinski definition) is 4. The summed E-state index contributed by atoms with van der Waals surface area (Å²) in [5.74, 6) is -0.188. The maximum atomic E-state index is 12.0. The van der Waals surface area contributed by atoms with Crippen molar-refractivity contribution in [1.82, 2.24) is 9.78 Å². The van der Waals surface area contributed by atoms with E-state index in [0.717, 1.165) is 5.69 Å². The minimum absolute atomic E-state index is 0.265. The molecule has 0 N–H and O–H groups in total. The van der Waals surface area contributed by atoms with Gasteiger partial charge in [0.15, 0.2) is 5.56 Å². The predicted molar refractivity (Wildman–Crippen MR) is 78.4 cm³/mol. The molecule has 0 unspecified atom stereocenters. The number of rotatable bonds is 5. The zero-order chi connectivity index (χ0) is 14.5. The molecule has 0 amide bonds. The fraction of sp³-hybridized carbons (Fsp3) is 0.286. The summed E-state index contributed by atoms with van der Waals surface area (Å²) < 4.78 is 12.6. The van der Waals surface area contributed by atoms with Gasteiger partial charge in [-0.1, -0.05) is 18.2 Å². The number of aromatic nitrogens is 2. The van der Waals surface area contributed by atoms with Crippen molar-refractivity contribution < 1.29 is 14.3 Å². The third-order valence-electron chi connectivity index (χ3n) is 2.56. The summed E-state index contributed by atoms with van der Waals surface area (Å²) >= 11 is 3.40. The van der Waals surface area contributed by atoms with Crippen LogP contribution < -0.4 is 4.74 Å². The second-order valence-corrected chi connectivity index (χ2v) is 4.62. The van der Waals surface area contributed by atoms with Crippen LogP contribution in [0, 0.1) is 0 Å². The van der Waals surface area contributed by atoms with Crippen molar-refractivity contribution in [2.45, 2.75) is 13.8 Å². The van der Waals surface area contributed by atoms with E-state index in [4.69, 9.17) is 9.47 Å². The third-order valence-corrected chi connectivity index (χ3v) is 3.29. The molecule has 0 aliphatic carbocycles. The Hall–Kier alpha value is -1.82. The summed E-state index contributed by atoms with van der Waals surface area (Å²) in [7, 11) is 0. The normalized spacial score (nSPS) is 10.3. The Labute approximate surface area is 125 Å². The molecule has 0 fully saturated rings. The number of esters is 1. The van der Waals surface area contributed by atoms with Crippen molar-refractivity contribution in [2.75, 3.05) is 13.2 Å². The minimum atomic E-state index is -0.454. The van der Waals surface area contributed by atoms with E-state index in [1.807, 2.05) is 37.3 Å². The average Bonchev–Trinajstić information content (AvgIpc) is 2.77. The summed E-state index contributed by atoms with van der Waals surface area (Å²) in [6.45, 7) is 4.32. The highest BCUT2D eigenvalue weighted by Crippen LogP contribution is 2.29. The van der Waals surface area contributed by atoms with Crippen molar-refractivity contribution in [3.05, 3.63) is 40.5 Å². The van der Waals surface area contributed by atoms with Crippen molar-refractivity contribution in [2.24, 2.45) is 0 Å². The molecule has 0 saturated heterocycles. The predicted octanol–water partition coefficient (Wildman–Crippen LogP) is 3.21. The van der Waals surface area contributed by atoms with Gasteiger partial charge < -0.3 is 9.47 Å². The van der Waals surface area contributed by atoms with Gasteiger partial charge in [0, 0.05) is 0 Å². The van der Waals surface area contributed by atoms with Gasteiger partial charge in [0.1, 0.15) is 4.60 Å². The van der Waals surface area contributed by atoms with Gasteiger partial charge in [0.05, 0.1) is 18.9 Å². The molecule has 0 spiro atoms. The van der Waals surface area contributed by atoms with Crippen LogP contribution in [0.1, 0.15) is 24.2 Å². The Morgan fingerprint density at radius 1 is 1.25 bits per heavy atom. The topological polar surface area (TPSA) is 53.4 Å². The lowest BCUT2D eigenvalue weighted by Crippen LogP contribution is -2.07. The Morgan fingerprint density at radius 3 is 2.55 bits per heavy atom. The first kappa shape index (κ1) is 14.6. The van der Waals surface area contributed by atoms with E-state index in [9.17, 15) is 4.79 Å². The van der Waals surface area contributed by atoms with Gasteiger partial charge in [-0.3, -0.25) is 0 Å². The highest BCUT2D eigenvalue weighted by atomic mass is 79.9. The lowest BCUT2D eigenvalue weighted by Gasteiger charge is -2.03. The van der Waals surface area contributed by atoms with Crippen LogP contribution in [-0.2, 0) is 4.74 Å².